The number of alkyl halides is 3. The van der Waals surface area contributed by atoms with E-state index in [1.807, 2.05) is 54.6 Å². The van der Waals surface area contributed by atoms with Crippen LogP contribution in [-0.2, 0) is 12.6 Å². The number of hydrogen-bond donors (Lipinski definition) is 2. The molecule has 0 heterocycles. The van der Waals surface area contributed by atoms with E-state index in [0.717, 1.165) is 22.9 Å². The van der Waals surface area contributed by atoms with E-state index in [-0.39, 0.29) is 10.8 Å². The van der Waals surface area contributed by atoms with Crippen molar-refractivity contribution in [2.24, 2.45) is 0 Å². The second-order valence-corrected chi connectivity index (χ2v) is 6.35. The largest absolute Gasteiger partial charge is 0.418 e. The molecule has 0 aromatic heterocycles. The number of anilines is 2. The van der Waals surface area contributed by atoms with Gasteiger partial charge in [0, 0.05) is 5.69 Å². The minimum atomic E-state index is -4.45. The van der Waals surface area contributed by atoms with Gasteiger partial charge in [0.25, 0.3) is 0 Å². The zero-order chi connectivity index (χ0) is 19.3. The molecule has 0 radical (unpaired) electrons. The number of thiocarbonyl (C=S) groups is 1. The third-order valence-electron chi connectivity index (χ3n) is 3.98. The second kappa shape index (κ2) is 8.22. The van der Waals surface area contributed by atoms with Gasteiger partial charge >= 0.3 is 6.18 Å². The molecule has 0 amide bonds. The number of hydrogen-bond acceptors (Lipinski definition) is 1. The summed E-state index contributed by atoms with van der Waals surface area (Å²) in [5, 5.41) is 5.77. The fourth-order valence-corrected chi connectivity index (χ4v) is 2.95. The first-order valence-electron chi connectivity index (χ1n) is 8.29. The molecule has 27 heavy (non-hydrogen) atoms. The maximum absolute atomic E-state index is 13.1. The zero-order valence-corrected chi connectivity index (χ0v) is 15.1. The van der Waals surface area contributed by atoms with Crippen LogP contribution in [0.4, 0.5) is 24.5 Å². The van der Waals surface area contributed by atoms with E-state index in [1.54, 1.807) is 0 Å². The SMILES string of the molecule is FC(F)(F)c1ccccc1NC(=S)Nc1ccccc1Cc1ccccc1. The van der Waals surface area contributed by atoms with Crippen molar-refractivity contribution in [2.45, 2.75) is 12.6 Å². The first-order chi connectivity index (χ1) is 12.9. The maximum Gasteiger partial charge on any atom is 0.418 e. The molecule has 3 aromatic carbocycles. The molecule has 3 aromatic rings. The lowest BCUT2D eigenvalue weighted by Crippen LogP contribution is -2.22. The van der Waals surface area contributed by atoms with Crippen LogP contribution in [0, 0.1) is 0 Å². The molecule has 0 unspecified atom stereocenters. The van der Waals surface area contributed by atoms with Crippen LogP contribution in [0.25, 0.3) is 0 Å². The quantitative estimate of drug-likeness (QED) is 0.530. The summed E-state index contributed by atoms with van der Waals surface area (Å²) in [4.78, 5) is 0. The normalized spacial score (nSPS) is 11.1. The van der Waals surface area contributed by atoms with E-state index in [2.05, 4.69) is 10.6 Å². The molecule has 0 aliphatic rings. The smallest absolute Gasteiger partial charge is 0.332 e. The molecule has 0 bridgehead atoms. The van der Waals surface area contributed by atoms with Gasteiger partial charge in [0.2, 0.25) is 0 Å². The number of para-hydroxylation sites is 2. The van der Waals surface area contributed by atoms with E-state index < -0.39 is 11.7 Å². The van der Waals surface area contributed by atoms with Crippen molar-refractivity contribution < 1.29 is 13.2 Å². The first kappa shape index (κ1) is 18.9. The Kier molecular flexibility index (Phi) is 5.76. The molecule has 0 aliphatic heterocycles. The predicted octanol–water partition coefficient (Wildman–Crippen LogP) is 6.11. The molecule has 2 N–H and O–H groups in total. The van der Waals surface area contributed by atoms with E-state index in [0.29, 0.717) is 6.42 Å². The van der Waals surface area contributed by atoms with Crippen molar-refractivity contribution in [3.05, 3.63) is 95.6 Å². The summed E-state index contributed by atoms with van der Waals surface area (Å²) in [6, 6.07) is 22.7. The fourth-order valence-electron chi connectivity index (χ4n) is 2.73. The van der Waals surface area contributed by atoms with Gasteiger partial charge in [0.15, 0.2) is 5.11 Å². The Morgan fingerprint density at radius 3 is 2.00 bits per heavy atom. The zero-order valence-electron chi connectivity index (χ0n) is 14.3. The van der Waals surface area contributed by atoms with Crippen LogP contribution >= 0.6 is 12.2 Å². The Labute approximate surface area is 161 Å². The molecule has 0 spiro atoms. The Morgan fingerprint density at radius 1 is 0.741 bits per heavy atom. The van der Waals surface area contributed by atoms with Gasteiger partial charge < -0.3 is 10.6 Å². The Hall–Kier alpha value is -2.86. The molecular formula is C21H17F3N2S. The summed E-state index contributed by atoms with van der Waals surface area (Å²) in [5.41, 5.74) is 2.04. The molecule has 0 atom stereocenters. The highest BCUT2D eigenvalue weighted by molar-refractivity contribution is 7.80. The summed E-state index contributed by atoms with van der Waals surface area (Å²) >= 11 is 5.24. The van der Waals surface area contributed by atoms with Crippen LogP contribution in [0.3, 0.4) is 0 Å². The molecule has 6 heteroatoms. The van der Waals surface area contributed by atoms with Crippen molar-refractivity contribution >= 4 is 28.7 Å². The second-order valence-electron chi connectivity index (χ2n) is 5.94. The lowest BCUT2D eigenvalue weighted by Gasteiger charge is -2.17. The summed E-state index contributed by atoms with van der Waals surface area (Å²) in [5.74, 6) is 0. The van der Waals surface area contributed by atoms with Gasteiger partial charge in [-0.05, 0) is 48.0 Å². The van der Waals surface area contributed by atoms with Crippen LogP contribution < -0.4 is 10.6 Å². The van der Waals surface area contributed by atoms with Crippen LogP contribution in [0.1, 0.15) is 16.7 Å². The van der Waals surface area contributed by atoms with Crippen LogP contribution in [-0.4, -0.2) is 5.11 Å². The van der Waals surface area contributed by atoms with Gasteiger partial charge in [0.1, 0.15) is 0 Å². The van der Waals surface area contributed by atoms with E-state index >= 15 is 0 Å². The highest BCUT2D eigenvalue weighted by atomic mass is 32.1. The van der Waals surface area contributed by atoms with Gasteiger partial charge in [-0.3, -0.25) is 0 Å². The van der Waals surface area contributed by atoms with Crippen LogP contribution in [0.15, 0.2) is 78.9 Å². The molecule has 2 nitrogen and oxygen atoms in total. The topological polar surface area (TPSA) is 24.1 Å². The highest BCUT2D eigenvalue weighted by Gasteiger charge is 2.33. The van der Waals surface area contributed by atoms with Crippen LogP contribution in [0.2, 0.25) is 0 Å². The number of rotatable bonds is 4. The van der Waals surface area contributed by atoms with Gasteiger partial charge in [-0.1, -0.05) is 60.7 Å². The Balaban J connectivity index is 1.76. The number of benzene rings is 3. The summed E-state index contributed by atoms with van der Waals surface area (Å²) in [6.45, 7) is 0. The predicted molar refractivity (Wildman–Crippen MR) is 107 cm³/mol. The molecule has 0 aliphatic carbocycles. The molecule has 0 saturated heterocycles. The highest BCUT2D eigenvalue weighted by Crippen LogP contribution is 2.34. The Bertz CT molecular complexity index is 924. The third kappa shape index (κ3) is 5.08. The fraction of sp³-hybridized carbons (Fsp3) is 0.0952. The lowest BCUT2D eigenvalue weighted by atomic mass is 10.0. The molecule has 3 rings (SSSR count). The summed E-state index contributed by atoms with van der Waals surface area (Å²) in [6.07, 6.45) is -3.77. The molecule has 138 valence electrons. The molecular weight excluding hydrogens is 369 g/mol. The van der Waals surface area contributed by atoms with Crippen molar-refractivity contribution in [3.8, 4) is 0 Å². The molecule has 0 saturated carbocycles. The van der Waals surface area contributed by atoms with Crippen molar-refractivity contribution in [2.75, 3.05) is 10.6 Å². The third-order valence-corrected chi connectivity index (χ3v) is 4.19. The van der Waals surface area contributed by atoms with Crippen LogP contribution in [0.5, 0.6) is 0 Å². The van der Waals surface area contributed by atoms with E-state index in [4.69, 9.17) is 12.2 Å². The van der Waals surface area contributed by atoms with E-state index in [1.165, 1.54) is 18.2 Å². The van der Waals surface area contributed by atoms with Crippen molar-refractivity contribution in [1.29, 1.82) is 0 Å². The first-order valence-corrected chi connectivity index (χ1v) is 8.70. The number of halogens is 3. The van der Waals surface area contributed by atoms with Gasteiger partial charge in [-0.25, -0.2) is 0 Å². The van der Waals surface area contributed by atoms with Crippen molar-refractivity contribution in [3.63, 3.8) is 0 Å². The minimum absolute atomic E-state index is 0.0805. The van der Waals surface area contributed by atoms with Crippen molar-refractivity contribution in [1.82, 2.24) is 0 Å². The minimum Gasteiger partial charge on any atom is -0.332 e. The number of nitrogens with one attached hydrogen (secondary N) is 2. The van der Waals surface area contributed by atoms with Gasteiger partial charge in [-0.2, -0.15) is 13.2 Å². The monoisotopic (exact) mass is 386 g/mol. The summed E-state index contributed by atoms with van der Waals surface area (Å²) in [7, 11) is 0. The average molecular weight is 386 g/mol. The van der Waals surface area contributed by atoms with Gasteiger partial charge in [0.05, 0.1) is 11.3 Å². The van der Waals surface area contributed by atoms with E-state index in [9.17, 15) is 13.2 Å². The standard InChI is InChI=1S/C21H17F3N2S/c22-21(23,24)17-11-5-7-13-19(17)26-20(27)25-18-12-6-4-10-16(18)14-15-8-2-1-3-9-15/h1-13H,14H2,(H2,25,26,27). The summed E-state index contributed by atoms with van der Waals surface area (Å²) < 4.78 is 39.4. The molecule has 0 fully saturated rings. The lowest BCUT2D eigenvalue weighted by molar-refractivity contribution is -0.136. The maximum atomic E-state index is 13.1. The Morgan fingerprint density at radius 2 is 1.30 bits per heavy atom. The van der Waals surface area contributed by atoms with Gasteiger partial charge in [-0.15, -0.1) is 0 Å². The average Bonchev–Trinajstić information content (AvgIpc) is 2.64.